The van der Waals surface area contributed by atoms with E-state index in [-0.39, 0.29) is 12.2 Å². The van der Waals surface area contributed by atoms with Gasteiger partial charge >= 0.3 is 0 Å². The zero-order valence-corrected chi connectivity index (χ0v) is 10.5. The fraction of sp³-hybridized carbons (Fsp3) is 0.133. The highest BCUT2D eigenvalue weighted by molar-refractivity contribution is 5.45. The molecule has 0 aliphatic heterocycles. The van der Waals surface area contributed by atoms with Crippen LogP contribution in [0.2, 0.25) is 0 Å². The van der Waals surface area contributed by atoms with Gasteiger partial charge in [0.05, 0.1) is 5.56 Å². The van der Waals surface area contributed by atoms with Crippen molar-refractivity contribution in [2.24, 2.45) is 0 Å². The Kier molecular flexibility index (Phi) is 3.99. The minimum absolute atomic E-state index is 0.0339. The molecule has 1 N–H and O–H groups in total. The lowest BCUT2D eigenvalue weighted by atomic mass is 10.1. The molecule has 2 aromatic carbocycles. The fourth-order valence-corrected chi connectivity index (χ4v) is 1.66. The molecule has 2 rings (SSSR count). The predicted molar refractivity (Wildman–Crippen MR) is 71.4 cm³/mol. The summed E-state index contributed by atoms with van der Waals surface area (Å²) < 4.78 is 19.3. The minimum Gasteiger partial charge on any atom is -0.489 e. The summed E-state index contributed by atoms with van der Waals surface area (Å²) in [6.07, 6.45) is 0. The summed E-state index contributed by atoms with van der Waals surface area (Å²) >= 11 is 0. The van der Waals surface area contributed by atoms with Gasteiger partial charge in [-0.2, -0.15) is 5.26 Å². The first-order valence-electron chi connectivity index (χ1n) is 5.82. The SMILES string of the molecule is CNc1ccc(OCc2cccc(C#N)c2F)cc1. The normalized spacial score (nSPS) is 9.74. The first kappa shape index (κ1) is 12.9. The van der Waals surface area contributed by atoms with Gasteiger partial charge in [0.15, 0.2) is 0 Å². The topological polar surface area (TPSA) is 45.0 Å². The lowest BCUT2D eigenvalue weighted by molar-refractivity contribution is 0.300. The van der Waals surface area contributed by atoms with Gasteiger partial charge in [-0.1, -0.05) is 12.1 Å². The Morgan fingerprint density at radius 3 is 2.58 bits per heavy atom. The molecular weight excluding hydrogens is 243 g/mol. The number of benzene rings is 2. The molecule has 4 heteroatoms. The average Bonchev–Trinajstić information content (AvgIpc) is 2.47. The molecule has 2 aromatic rings. The van der Waals surface area contributed by atoms with E-state index in [1.807, 2.05) is 25.2 Å². The van der Waals surface area contributed by atoms with Crippen LogP contribution in [0.3, 0.4) is 0 Å². The van der Waals surface area contributed by atoms with Crippen LogP contribution in [0.1, 0.15) is 11.1 Å². The summed E-state index contributed by atoms with van der Waals surface area (Å²) in [4.78, 5) is 0. The summed E-state index contributed by atoms with van der Waals surface area (Å²) in [5.41, 5.74) is 1.38. The van der Waals surface area contributed by atoms with Crippen molar-refractivity contribution in [2.45, 2.75) is 6.61 Å². The maximum absolute atomic E-state index is 13.8. The molecule has 0 saturated carbocycles. The summed E-state index contributed by atoms with van der Waals surface area (Å²) in [6.45, 7) is 0.0975. The Morgan fingerprint density at radius 2 is 1.95 bits per heavy atom. The highest BCUT2D eigenvalue weighted by Crippen LogP contribution is 2.18. The Morgan fingerprint density at radius 1 is 1.21 bits per heavy atom. The van der Waals surface area contributed by atoms with Crippen LogP contribution in [-0.2, 0) is 6.61 Å². The van der Waals surface area contributed by atoms with Gasteiger partial charge in [-0.15, -0.1) is 0 Å². The van der Waals surface area contributed by atoms with Gasteiger partial charge in [-0.05, 0) is 30.3 Å². The second kappa shape index (κ2) is 5.87. The largest absolute Gasteiger partial charge is 0.489 e. The Hall–Kier alpha value is -2.54. The van der Waals surface area contributed by atoms with Gasteiger partial charge < -0.3 is 10.1 Å². The van der Waals surface area contributed by atoms with E-state index >= 15 is 0 Å². The van der Waals surface area contributed by atoms with Crippen LogP contribution in [0.15, 0.2) is 42.5 Å². The molecule has 0 spiro atoms. The van der Waals surface area contributed by atoms with Crippen molar-refractivity contribution in [3.63, 3.8) is 0 Å². The molecule has 0 fully saturated rings. The van der Waals surface area contributed by atoms with Crippen molar-refractivity contribution >= 4 is 5.69 Å². The third kappa shape index (κ3) is 3.02. The van der Waals surface area contributed by atoms with Crippen molar-refractivity contribution in [1.29, 1.82) is 5.26 Å². The summed E-state index contributed by atoms with van der Waals surface area (Å²) in [5.74, 6) is 0.137. The van der Waals surface area contributed by atoms with Crippen molar-refractivity contribution in [1.82, 2.24) is 0 Å². The minimum atomic E-state index is -0.517. The van der Waals surface area contributed by atoms with E-state index in [9.17, 15) is 4.39 Å². The molecule has 0 radical (unpaired) electrons. The maximum atomic E-state index is 13.8. The van der Waals surface area contributed by atoms with Crippen LogP contribution >= 0.6 is 0 Å². The first-order valence-corrected chi connectivity index (χ1v) is 5.82. The molecule has 0 unspecified atom stereocenters. The zero-order valence-electron chi connectivity index (χ0n) is 10.5. The third-order valence-corrected chi connectivity index (χ3v) is 2.74. The van der Waals surface area contributed by atoms with Gasteiger partial charge in [0, 0.05) is 18.3 Å². The highest BCUT2D eigenvalue weighted by Gasteiger charge is 2.07. The molecule has 0 heterocycles. The van der Waals surface area contributed by atoms with E-state index in [1.54, 1.807) is 24.3 Å². The van der Waals surface area contributed by atoms with Gasteiger partial charge in [0.1, 0.15) is 24.2 Å². The van der Waals surface area contributed by atoms with Crippen LogP contribution in [0, 0.1) is 17.1 Å². The third-order valence-electron chi connectivity index (χ3n) is 2.74. The number of halogens is 1. The van der Waals surface area contributed by atoms with Crippen LogP contribution in [0.4, 0.5) is 10.1 Å². The fourth-order valence-electron chi connectivity index (χ4n) is 1.66. The summed E-state index contributed by atoms with van der Waals surface area (Å²) in [7, 11) is 1.83. The van der Waals surface area contributed by atoms with Crippen molar-refractivity contribution in [3.8, 4) is 11.8 Å². The molecule has 3 nitrogen and oxygen atoms in total. The number of ether oxygens (including phenoxy) is 1. The quantitative estimate of drug-likeness (QED) is 0.912. The molecule has 0 aromatic heterocycles. The van der Waals surface area contributed by atoms with Crippen molar-refractivity contribution in [3.05, 3.63) is 59.4 Å². The van der Waals surface area contributed by atoms with Gasteiger partial charge in [-0.25, -0.2) is 4.39 Å². The predicted octanol–water partition coefficient (Wildman–Crippen LogP) is 3.32. The molecule has 0 aliphatic carbocycles. The summed E-state index contributed by atoms with van der Waals surface area (Å²) in [5, 5.41) is 11.7. The van der Waals surface area contributed by atoms with Crippen molar-refractivity contribution < 1.29 is 9.13 Å². The lowest BCUT2D eigenvalue weighted by Crippen LogP contribution is -2.00. The molecule has 0 aliphatic rings. The Labute approximate surface area is 111 Å². The van der Waals surface area contributed by atoms with Crippen LogP contribution < -0.4 is 10.1 Å². The number of nitriles is 1. The van der Waals surface area contributed by atoms with Crippen LogP contribution in [0.5, 0.6) is 5.75 Å². The second-order valence-corrected chi connectivity index (χ2v) is 3.95. The Balaban J connectivity index is 2.08. The van der Waals surface area contributed by atoms with Crippen LogP contribution in [0.25, 0.3) is 0 Å². The van der Waals surface area contributed by atoms with E-state index in [0.717, 1.165) is 5.69 Å². The van der Waals surface area contributed by atoms with Gasteiger partial charge in [-0.3, -0.25) is 0 Å². The Bertz CT molecular complexity index is 603. The number of anilines is 1. The monoisotopic (exact) mass is 256 g/mol. The number of nitrogens with zero attached hydrogens (tertiary/aromatic N) is 1. The van der Waals surface area contributed by atoms with E-state index < -0.39 is 5.82 Å². The standard InChI is InChI=1S/C15H13FN2O/c1-18-13-5-7-14(8-6-13)19-10-12-4-2-3-11(9-17)15(12)16/h2-8,18H,10H2,1H3. The van der Waals surface area contributed by atoms with Crippen LogP contribution in [-0.4, -0.2) is 7.05 Å². The molecule has 19 heavy (non-hydrogen) atoms. The van der Waals surface area contributed by atoms with Gasteiger partial charge in [0.25, 0.3) is 0 Å². The van der Waals surface area contributed by atoms with E-state index in [2.05, 4.69) is 5.32 Å². The molecule has 96 valence electrons. The first-order chi connectivity index (χ1) is 9.24. The number of nitrogens with one attached hydrogen (secondary N) is 1. The zero-order chi connectivity index (χ0) is 13.7. The molecule has 0 bridgehead atoms. The van der Waals surface area contributed by atoms with E-state index in [1.165, 1.54) is 6.07 Å². The van der Waals surface area contributed by atoms with E-state index in [0.29, 0.717) is 11.3 Å². The molecule has 0 amide bonds. The van der Waals surface area contributed by atoms with E-state index in [4.69, 9.17) is 10.00 Å². The second-order valence-electron chi connectivity index (χ2n) is 3.95. The van der Waals surface area contributed by atoms with Gasteiger partial charge in [0.2, 0.25) is 0 Å². The number of rotatable bonds is 4. The maximum Gasteiger partial charge on any atom is 0.147 e. The molecular formula is C15H13FN2O. The molecule has 0 atom stereocenters. The number of hydrogen-bond donors (Lipinski definition) is 1. The highest BCUT2D eigenvalue weighted by atomic mass is 19.1. The van der Waals surface area contributed by atoms with Crippen molar-refractivity contribution in [2.75, 3.05) is 12.4 Å². The smallest absolute Gasteiger partial charge is 0.147 e. The average molecular weight is 256 g/mol. The lowest BCUT2D eigenvalue weighted by Gasteiger charge is -2.08. The number of hydrogen-bond acceptors (Lipinski definition) is 3. The summed E-state index contributed by atoms with van der Waals surface area (Å²) in [6, 6.07) is 13.9. The molecule has 0 saturated heterocycles.